The number of amides is 2. The van der Waals surface area contributed by atoms with Crippen LogP contribution in [0.15, 0.2) is 39.5 Å². The van der Waals surface area contributed by atoms with Gasteiger partial charge in [0.25, 0.3) is 0 Å². The summed E-state index contributed by atoms with van der Waals surface area (Å²) in [5, 5.41) is 11.5. The number of carbonyl (C=O) groups excluding carboxylic acids is 2. The van der Waals surface area contributed by atoms with E-state index in [2.05, 4.69) is 15.5 Å². The van der Waals surface area contributed by atoms with Crippen LogP contribution in [0.25, 0.3) is 11.4 Å². The Morgan fingerprint density at radius 3 is 2.87 bits per heavy atom. The van der Waals surface area contributed by atoms with E-state index in [1.54, 1.807) is 34.4 Å². The van der Waals surface area contributed by atoms with Crippen molar-refractivity contribution in [1.82, 2.24) is 15.0 Å². The van der Waals surface area contributed by atoms with Gasteiger partial charge in [-0.05, 0) is 48.9 Å². The van der Waals surface area contributed by atoms with Gasteiger partial charge >= 0.3 is 0 Å². The van der Waals surface area contributed by atoms with Crippen LogP contribution in [0.4, 0.5) is 5.69 Å². The third-order valence-corrected chi connectivity index (χ3v) is 6.54. The zero-order valence-corrected chi connectivity index (χ0v) is 18.8. The van der Waals surface area contributed by atoms with Crippen molar-refractivity contribution in [2.24, 2.45) is 0 Å². The van der Waals surface area contributed by atoms with Gasteiger partial charge in [-0.15, -0.1) is 0 Å². The molecule has 7 nitrogen and oxygen atoms in total. The monoisotopic (exact) mass is 478 g/mol. The lowest BCUT2D eigenvalue weighted by atomic mass is 10.0. The number of piperidine rings is 1. The van der Waals surface area contributed by atoms with Crippen LogP contribution in [-0.4, -0.2) is 39.4 Å². The highest BCUT2D eigenvalue weighted by molar-refractivity contribution is 7.08. The smallest absolute Gasteiger partial charge is 0.247 e. The van der Waals surface area contributed by atoms with Gasteiger partial charge in [0.1, 0.15) is 6.04 Å². The number of thiophene rings is 1. The molecule has 162 valence electrons. The van der Waals surface area contributed by atoms with Gasteiger partial charge in [0.05, 0.1) is 10.0 Å². The Labute approximate surface area is 193 Å². The van der Waals surface area contributed by atoms with Crippen LogP contribution in [0.1, 0.15) is 31.6 Å². The molecule has 0 spiro atoms. The maximum absolute atomic E-state index is 12.9. The lowest BCUT2D eigenvalue weighted by molar-refractivity contribution is -0.140. The summed E-state index contributed by atoms with van der Waals surface area (Å²) in [6.45, 7) is 0.544. The number of hydrogen-bond acceptors (Lipinski definition) is 6. The fourth-order valence-corrected chi connectivity index (χ4v) is 4.46. The minimum atomic E-state index is -0.528. The van der Waals surface area contributed by atoms with Gasteiger partial charge < -0.3 is 14.7 Å². The van der Waals surface area contributed by atoms with E-state index in [1.807, 2.05) is 16.8 Å². The molecule has 1 atom stereocenters. The fourth-order valence-electron chi connectivity index (χ4n) is 3.52. The summed E-state index contributed by atoms with van der Waals surface area (Å²) < 4.78 is 5.27. The number of aromatic nitrogens is 2. The molecule has 3 aromatic rings. The third-order valence-electron chi connectivity index (χ3n) is 5.11. The number of rotatable bonds is 6. The van der Waals surface area contributed by atoms with Crippen molar-refractivity contribution in [2.75, 3.05) is 11.9 Å². The highest BCUT2D eigenvalue weighted by Gasteiger charge is 2.32. The molecule has 3 heterocycles. The number of hydrogen-bond donors (Lipinski definition) is 1. The van der Waals surface area contributed by atoms with Crippen LogP contribution in [0.2, 0.25) is 10.0 Å². The molecule has 1 fully saturated rings. The van der Waals surface area contributed by atoms with Crippen LogP contribution in [0.3, 0.4) is 0 Å². The van der Waals surface area contributed by atoms with Gasteiger partial charge in [0.15, 0.2) is 0 Å². The van der Waals surface area contributed by atoms with Crippen molar-refractivity contribution >= 4 is 52.0 Å². The average Bonchev–Trinajstić information content (AvgIpc) is 3.46. The van der Waals surface area contributed by atoms with Crippen molar-refractivity contribution in [1.29, 1.82) is 0 Å². The molecule has 0 aliphatic carbocycles. The number of likely N-dealkylation sites (tertiary alicyclic amines) is 1. The predicted molar refractivity (Wildman–Crippen MR) is 120 cm³/mol. The molecule has 0 radical (unpaired) electrons. The molecule has 4 rings (SSSR count). The maximum atomic E-state index is 12.9. The van der Waals surface area contributed by atoms with Crippen LogP contribution < -0.4 is 5.32 Å². The van der Waals surface area contributed by atoms with Crippen LogP contribution in [0.5, 0.6) is 0 Å². The predicted octanol–water partition coefficient (Wildman–Crippen LogP) is 5.06. The maximum Gasteiger partial charge on any atom is 0.247 e. The number of nitrogens with one attached hydrogen (secondary N) is 1. The summed E-state index contributed by atoms with van der Waals surface area (Å²) in [7, 11) is 0. The summed E-state index contributed by atoms with van der Waals surface area (Å²) in [6.07, 6.45) is 2.89. The molecule has 0 saturated carbocycles. The molecule has 1 aliphatic rings. The van der Waals surface area contributed by atoms with Gasteiger partial charge in [0.2, 0.25) is 23.5 Å². The third kappa shape index (κ3) is 5.26. The largest absolute Gasteiger partial charge is 0.339 e. The SMILES string of the molecule is O=C(Nc1ccc(Cl)c(Cl)c1)C1CCCCN1C(=O)CCc1nc(-c2ccsc2)no1. The quantitative estimate of drug-likeness (QED) is 0.534. The van der Waals surface area contributed by atoms with E-state index in [0.29, 0.717) is 46.8 Å². The Morgan fingerprint density at radius 1 is 1.23 bits per heavy atom. The number of carbonyl (C=O) groups is 2. The normalized spacial score (nSPS) is 16.3. The van der Waals surface area contributed by atoms with Gasteiger partial charge in [-0.3, -0.25) is 9.59 Å². The molecule has 2 aromatic heterocycles. The number of benzene rings is 1. The number of nitrogens with zero attached hydrogens (tertiary/aromatic N) is 3. The second kappa shape index (κ2) is 9.80. The molecule has 1 saturated heterocycles. The summed E-state index contributed by atoms with van der Waals surface area (Å²) in [5.74, 6) is 0.581. The van der Waals surface area contributed by atoms with Gasteiger partial charge in [-0.25, -0.2) is 0 Å². The molecular formula is C21H20Cl2N4O3S. The molecule has 1 aliphatic heterocycles. The van der Waals surface area contributed by atoms with E-state index >= 15 is 0 Å². The minimum Gasteiger partial charge on any atom is -0.339 e. The summed E-state index contributed by atoms with van der Waals surface area (Å²) >= 11 is 13.5. The lowest BCUT2D eigenvalue weighted by Gasteiger charge is -2.34. The molecular weight excluding hydrogens is 459 g/mol. The Hall–Kier alpha value is -2.42. The summed E-state index contributed by atoms with van der Waals surface area (Å²) in [6, 6.07) is 6.28. The zero-order valence-electron chi connectivity index (χ0n) is 16.5. The van der Waals surface area contributed by atoms with E-state index in [-0.39, 0.29) is 18.2 Å². The van der Waals surface area contributed by atoms with Crippen molar-refractivity contribution in [2.45, 2.75) is 38.1 Å². The number of aryl methyl sites for hydroxylation is 1. The van der Waals surface area contributed by atoms with Crippen LogP contribution in [-0.2, 0) is 16.0 Å². The van der Waals surface area contributed by atoms with Gasteiger partial charge in [-0.1, -0.05) is 28.4 Å². The molecule has 1 N–H and O–H groups in total. The fraction of sp³-hybridized carbons (Fsp3) is 0.333. The first-order valence-corrected chi connectivity index (χ1v) is 11.6. The van der Waals surface area contributed by atoms with Crippen molar-refractivity contribution < 1.29 is 14.1 Å². The molecule has 10 heteroatoms. The van der Waals surface area contributed by atoms with E-state index in [0.717, 1.165) is 18.4 Å². The van der Waals surface area contributed by atoms with Crippen LogP contribution in [0, 0.1) is 0 Å². The topological polar surface area (TPSA) is 88.3 Å². The van der Waals surface area contributed by atoms with Crippen molar-refractivity contribution in [3.05, 3.63) is 51.0 Å². The second-order valence-corrected chi connectivity index (χ2v) is 8.84. The van der Waals surface area contributed by atoms with E-state index < -0.39 is 6.04 Å². The number of halogens is 2. The van der Waals surface area contributed by atoms with Crippen molar-refractivity contribution in [3.63, 3.8) is 0 Å². The Balaban J connectivity index is 1.37. The first kappa shape index (κ1) is 21.8. The Kier molecular flexibility index (Phi) is 6.89. The van der Waals surface area contributed by atoms with Crippen LogP contribution >= 0.6 is 34.5 Å². The van der Waals surface area contributed by atoms with Gasteiger partial charge in [0, 0.05) is 36.0 Å². The minimum absolute atomic E-state index is 0.107. The highest BCUT2D eigenvalue weighted by Crippen LogP contribution is 2.26. The molecule has 0 bridgehead atoms. The Bertz CT molecular complexity index is 1070. The lowest BCUT2D eigenvalue weighted by Crippen LogP contribution is -2.50. The standard InChI is InChI=1S/C21H20Cl2N4O3S/c22-15-5-4-14(11-16(15)23)24-21(29)17-3-1-2-9-27(17)19(28)7-6-18-25-20(26-30-18)13-8-10-31-12-13/h4-5,8,10-12,17H,1-3,6-7,9H2,(H,24,29). The first-order valence-electron chi connectivity index (χ1n) is 9.92. The van der Waals surface area contributed by atoms with E-state index in [1.165, 1.54) is 0 Å². The second-order valence-electron chi connectivity index (χ2n) is 7.24. The molecule has 31 heavy (non-hydrogen) atoms. The average molecular weight is 479 g/mol. The number of anilines is 1. The van der Waals surface area contributed by atoms with E-state index in [4.69, 9.17) is 27.7 Å². The summed E-state index contributed by atoms with van der Waals surface area (Å²) in [4.78, 5) is 31.8. The van der Waals surface area contributed by atoms with Gasteiger partial charge in [-0.2, -0.15) is 16.3 Å². The van der Waals surface area contributed by atoms with Crippen molar-refractivity contribution in [3.8, 4) is 11.4 Å². The zero-order chi connectivity index (χ0) is 21.8. The first-order chi connectivity index (χ1) is 15.0. The molecule has 1 aromatic carbocycles. The Morgan fingerprint density at radius 2 is 2.10 bits per heavy atom. The highest BCUT2D eigenvalue weighted by atomic mass is 35.5. The van der Waals surface area contributed by atoms with E-state index in [9.17, 15) is 9.59 Å². The molecule has 1 unspecified atom stereocenters. The molecule has 2 amide bonds. The summed E-state index contributed by atoms with van der Waals surface area (Å²) in [5.41, 5.74) is 1.44.